The number of aryl methyl sites for hydroxylation is 2. The summed E-state index contributed by atoms with van der Waals surface area (Å²) in [5.74, 6) is -0.847. The number of nitrogens with zero attached hydrogens (tertiary/aromatic N) is 2. The third-order valence-electron chi connectivity index (χ3n) is 6.14. The van der Waals surface area contributed by atoms with Crippen molar-refractivity contribution in [2.45, 2.75) is 64.6 Å². The zero-order valence-corrected chi connectivity index (χ0v) is 24.8. The van der Waals surface area contributed by atoms with Gasteiger partial charge in [-0.05, 0) is 83.5 Å². The highest BCUT2D eigenvalue weighted by atomic mass is 35.5. The second kappa shape index (κ2) is 12.2. The number of hydrogen-bond acceptors (Lipinski definition) is 4. The van der Waals surface area contributed by atoms with Gasteiger partial charge in [0.05, 0.1) is 10.6 Å². The number of rotatable bonds is 9. The third-order valence-corrected chi connectivity index (χ3v) is 8.18. The van der Waals surface area contributed by atoms with E-state index in [1.54, 1.807) is 43.3 Å². The Balaban J connectivity index is 2.02. The lowest BCUT2D eigenvalue weighted by Crippen LogP contribution is -2.54. The van der Waals surface area contributed by atoms with Crippen molar-refractivity contribution in [3.8, 4) is 0 Å². The largest absolute Gasteiger partial charge is 0.350 e. The van der Waals surface area contributed by atoms with Crippen LogP contribution in [0.25, 0.3) is 0 Å². The Bertz CT molecular complexity index is 1400. The molecule has 0 heterocycles. The Morgan fingerprint density at radius 2 is 1.38 bits per heavy atom. The van der Waals surface area contributed by atoms with Gasteiger partial charge in [0.2, 0.25) is 11.8 Å². The molecule has 0 fully saturated rings. The maximum Gasteiger partial charge on any atom is 0.264 e. The quantitative estimate of drug-likeness (QED) is 0.369. The highest BCUT2D eigenvalue weighted by Gasteiger charge is 2.33. The fraction of sp³-hybridized carbons (Fsp3) is 0.333. The maximum absolute atomic E-state index is 13.9. The fourth-order valence-corrected chi connectivity index (χ4v) is 5.46. The van der Waals surface area contributed by atoms with Gasteiger partial charge in [0.1, 0.15) is 12.6 Å². The van der Waals surface area contributed by atoms with Gasteiger partial charge in [-0.1, -0.05) is 59.1 Å². The predicted molar refractivity (Wildman–Crippen MR) is 156 cm³/mol. The van der Waals surface area contributed by atoms with Crippen molar-refractivity contribution in [1.82, 2.24) is 10.2 Å². The normalized spacial score (nSPS) is 12.5. The van der Waals surface area contributed by atoms with E-state index in [4.69, 9.17) is 11.6 Å². The molecule has 0 aliphatic heterocycles. The first-order valence-corrected chi connectivity index (χ1v) is 14.5. The molecule has 3 aromatic rings. The molecule has 1 unspecified atom stereocenters. The van der Waals surface area contributed by atoms with E-state index < -0.39 is 34.1 Å². The monoisotopic (exact) mass is 569 g/mol. The summed E-state index contributed by atoms with van der Waals surface area (Å²) < 4.78 is 28.7. The summed E-state index contributed by atoms with van der Waals surface area (Å²) in [5, 5.41) is 3.36. The van der Waals surface area contributed by atoms with E-state index in [-0.39, 0.29) is 23.0 Å². The van der Waals surface area contributed by atoms with Crippen molar-refractivity contribution in [3.05, 3.63) is 94.5 Å². The summed E-state index contributed by atoms with van der Waals surface area (Å²) in [6, 6.07) is 19.5. The van der Waals surface area contributed by atoms with Gasteiger partial charge in [0.15, 0.2) is 0 Å². The summed E-state index contributed by atoms with van der Waals surface area (Å²) >= 11 is 6.06. The SMILES string of the molecule is Cc1ccc(CN(C(=O)CN(c2ccc(Cl)cc2)S(=O)(=O)c2ccc(C)cc2)C(C)C(=O)NC(C)(C)C)cc1. The summed E-state index contributed by atoms with van der Waals surface area (Å²) in [4.78, 5) is 28.5. The van der Waals surface area contributed by atoms with Gasteiger partial charge in [-0.2, -0.15) is 0 Å². The second-order valence-corrected chi connectivity index (χ2v) is 13.0. The van der Waals surface area contributed by atoms with Crippen molar-refractivity contribution >= 4 is 39.1 Å². The summed E-state index contributed by atoms with van der Waals surface area (Å²) in [6.07, 6.45) is 0. The van der Waals surface area contributed by atoms with E-state index in [1.807, 2.05) is 58.9 Å². The molecule has 208 valence electrons. The van der Waals surface area contributed by atoms with Crippen LogP contribution in [0.5, 0.6) is 0 Å². The van der Waals surface area contributed by atoms with Crippen molar-refractivity contribution < 1.29 is 18.0 Å². The first-order valence-electron chi connectivity index (χ1n) is 12.7. The average Bonchev–Trinajstić information content (AvgIpc) is 2.86. The Kier molecular flexibility index (Phi) is 9.46. The number of amides is 2. The molecule has 1 atom stereocenters. The Morgan fingerprint density at radius 1 is 0.872 bits per heavy atom. The minimum atomic E-state index is -4.12. The van der Waals surface area contributed by atoms with Gasteiger partial charge in [-0.15, -0.1) is 0 Å². The van der Waals surface area contributed by atoms with Crippen LogP contribution in [0.2, 0.25) is 5.02 Å². The lowest BCUT2D eigenvalue weighted by atomic mass is 10.1. The van der Waals surface area contributed by atoms with Gasteiger partial charge in [0.25, 0.3) is 10.0 Å². The first kappa shape index (κ1) is 30.2. The van der Waals surface area contributed by atoms with Crippen LogP contribution in [0.4, 0.5) is 5.69 Å². The van der Waals surface area contributed by atoms with Crippen LogP contribution in [0.1, 0.15) is 44.4 Å². The number of carbonyl (C=O) groups is 2. The molecule has 0 radical (unpaired) electrons. The standard InChI is InChI=1S/C30H36ClN3O4S/c1-21-7-11-24(12-8-21)19-33(23(3)29(36)32-30(4,5)6)28(35)20-34(26-15-13-25(31)14-16-26)39(37,38)27-17-9-22(2)10-18-27/h7-18,23H,19-20H2,1-6H3,(H,32,36). The predicted octanol–water partition coefficient (Wildman–Crippen LogP) is 5.48. The Morgan fingerprint density at radius 3 is 1.90 bits per heavy atom. The molecule has 3 aromatic carbocycles. The minimum Gasteiger partial charge on any atom is -0.350 e. The minimum absolute atomic E-state index is 0.0551. The van der Waals surface area contributed by atoms with E-state index in [0.29, 0.717) is 5.02 Å². The fourth-order valence-electron chi connectivity index (χ4n) is 3.92. The highest BCUT2D eigenvalue weighted by molar-refractivity contribution is 7.92. The van der Waals surface area contributed by atoms with Crippen LogP contribution in [-0.2, 0) is 26.2 Å². The Hall–Kier alpha value is -3.36. The summed E-state index contributed by atoms with van der Waals surface area (Å²) in [5.41, 5.74) is 2.58. The molecule has 0 aromatic heterocycles. The average molecular weight is 570 g/mol. The van der Waals surface area contributed by atoms with E-state index in [2.05, 4.69) is 5.32 Å². The topological polar surface area (TPSA) is 86.8 Å². The lowest BCUT2D eigenvalue weighted by molar-refractivity contribution is -0.140. The zero-order valence-electron chi connectivity index (χ0n) is 23.2. The van der Waals surface area contributed by atoms with Crippen molar-refractivity contribution in [2.24, 2.45) is 0 Å². The summed E-state index contributed by atoms with van der Waals surface area (Å²) in [7, 11) is -4.12. The number of nitrogens with one attached hydrogen (secondary N) is 1. The van der Waals surface area contributed by atoms with Gasteiger partial charge < -0.3 is 10.2 Å². The number of sulfonamides is 1. The smallest absolute Gasteiger partial charge is 0.264 e. The molecule has 2 amide bonds. The number of benzene rings is 3. The molecule has 3 rings (SSSR count). The summed E-state index contributed by atoms with van der Waals surface area (Å²) in [6.45, 7) is 10.7. The molecule has 0 aliphatic rings. The van der Waals surface area contributed by atoms with Crippen molar-refractivity contribution in [3.63, 3.8) is 0 Å². The number of anilines is 1. The lowest BCUT2D eigenvalue weighted by Gasteiger charge is -2.33. The molecule has 0 saturated heterocycles. The molecule has 0 aliphatic carbocycles. The van der Waals surface area contributed by atoms with E-state index in [9.17, 15) is 18.0 Å². The van der Waals surface area contributed by atoms with Gasteiger partial charge in [0, 0.05) is 17.1 Å². The number of hydrogen-bond donors (Lipinski definition) is 1. The molecule has 9 heteroatoms. The third kappa shape index (κ3) is 8.07. The zero-order chi connectivity index (χ0) is 29.0. The van der Waals surface area contributed by atoms with Crippen molar-refractivity contribution in [1.29, 1.82) is 0 Å². The molecule has 0 saturated carbocycles. The molecule has 0 spiro atoms. The van der Waals surface area contributed by atoms with E-state index >= 15 is 0 Å². The van der Waals surface area contributed by atoms with Crippen molar-refractivity contribution in [2.75, 3.05) is 10.8 Å². The maximum atomic E-state index is 13.9. The molecule has 7 nitrogen and oxygen atoms in total. The van der Waals surface area contributed by atoms with Crippen LogP contribution < -0.4 is 9.62 Å². The van der Waals surface area contributed by atoms with Gasteiger partial charge in [-0.25, -0.2) is 8.42 Å². The Labute approximate surface area is 236 Å². The molecule has 39 heavy (non-hydrogen) atoms. The van der Waals surface area contributed by atoms with Crippen LogP contribution in [-0.4, -0.2) is 43.3 Å². The van der Waals surface area contributed by atoms with E-state index in [1.165, 1.54) is 17.0 Å². The van der Waals surface area contributed by atoms with Gasteiger partial charge >= 0.3 is 0 Å². The number of halogens is 1. The van der Waals surface area contributed by atoms with Crippen LogP contribution in [0.3, 0.4) is 0 Å². The molecular formula is C30H36ClN3O4S. The highest BCUT2D eigenvalue weighted by Crippen LogP contribution is 2.26. The van der Waals surface area contributed by atoms with Crippen LogP contribution >= 0.6 is 11.6 Å². The number of carbonyl (C=O) groups excluding carboxylic acids is 2. The van der Waals surface area contributed by atoms with Gasteiger partial charge in [-0.3, -0.25) is 13.9 Å². The molecule has 1 N–H and O–H groups in total. The first-order chi connectivity index (χ1) is 18.2. The molecular weight excluding hydrogens is 534 g/mol. The molecule has 0 bridgehead atoms. The van der Waals surface area contributed by atoms with Crippen LogP contribution in [0.15, 0.2) is 77.7 Å². The van der Waals surface area contributed by atoms with E-state index in [0.717, 1.165) is 21.0 Å². The second-order valence-electron chi connectivity index (χ2n) is 10.7. The van der Waals surface area contributed by atoms with Crippen LogP contribution in [0, 0.1) is 13.8 Å².